The number of alkyl halides is 3. The summed E-state index contributed by atoms with van der Waals surface area (Å²) >= 11 is 0. The minimum Gasteiger partial charge on any atom is -0.496 e. The third-order valence-corrected chi connectivity index (χ3v) is 5.26. The highest BCUT2D eigenvalue weighted by atomic mass is 19.4. The molecule has 0 radical (unpaired) electrons. The molecule has 4 rings (SSSR count). The topological polar surface area (TPSA) is 120 Å². The summed E-state index contributed by atoms with van der Waals surface area (Å²) in [6.07, 6.45) is 1.94. The lowest BCUT2D eigenvalue weighted by atomic mass is 10.1. The molecule has 10 nitrogen and oxygen atoms in total. The zero-order valence-electron chi connectivity index (χ0n) is 19.0. The first-order chi connectivity index (χ1) is 17.1. The van der Waals surface area contributed by atoms with Gasteiger partial charge >= 0.3 is 12.1 Å². The number of pyridine rings is 1. The molecule has 0 aliphatic heterocycles. The van der Waals surface area contributed by atoms with Gasteiger partial charge in [0.15, 0.2) is 0 Å². The van der Waals surface area contributed by atoms with E-state index in [0.29, 0.717) is 22.5 Å². The lowest BCUT2D eigenvalue weighted by molar-refractivity contribution is -0.137. The van der Waals surface area contributed by atoms with Gasteiger partial charge in [-0.2, -0.15) is 18.3 Å². The minimum atomic E-state index is -4.57. The maximum absolute atomic E-state index is 12.6. The second kappa shape index (κ2) is 9.60. The molecule has 0 unspecified atom stereocenters. The van der Waals surface area contributed by atoms with Crippen molar-refractivity contribution in [1.29, 1.82) is 0 Å². The Hall–Kier alpha value is -4.55. The maximum Gasteiger partial charge on any atom is 0.405 e. The molecule has 0 aliphatic rings. The molecular formula is C23H20F3N5O5. The molecule has 188 valence electrons. The van der Waals surface area contributed by atoms with Gasteiger partial charge in [-0.1, -0.05) is 0 Å². The summed E-state index contributed by atoms with van der Waals surface area (Å²) in [5, 5.41) is 14.8. The Labute approximate surface area is 201 Å². The van der Waals surface area contributed by atoms with Crippen LogP contribution in [0.5, 0.6) is 11.5 Å². The Morgan fingerprint density at radius 3 is 2.36 bits per heavy atom. The number of nitrogens with one attached hydrogen (secondary N) is 1. The molecular weight excluding hydrogens is 483 g/mol. The van der Waals surface area contributed by atoms with E-state index in [0.717, 1.165) is 5.56 Å². The van der Waals surface area contributed by atoms with Crippen LogP contribution < -0.4 is 14.8 Å². The standard InChI is InChI=1S/C23H20F3N5O5/c1-35-17-5-14(6-18(36-2)21(17)22(34)28-12-23(24,25)26)16-9-27-19-7-13(3-4-31(16)19)15-8-29-30(10-15)11-20(32)33/h3-10H,11-12H2,1-2H3,(H,28,34)(H,32,33). The molecule has 1 aromatic carbocycles. The van der Waals surface area contributed by atoms with Gasteiger partial charge in [0, 0.05) is 23.5 Å². The van der Waals surface area contributed by atoms with Crippen molar-refractivity contribution in [3.8, 4) is 33.9 Å². The molecule has 4 aromatic rings. The van der Waals surface area contributed by atoms with E-state index >= 15 is 0 Å². The highest BCUT2D eigenvalue weighted by Gasteiger charge is 2.30. The van der Waals surface area contributed by atoms with Crippen LogP contribution in [0.15, 0.2) is 49.1 Å². The zero-order chi connectivity index (χ0) is 26.0. The number of methoxy groups -OCH3 is 2. The summed E-state index contributed by atoms with van der Waals surface area (Å²) in [7, 11) is 2.59. The lowest BCUT2D eigenvalue weighted by Crippen LogP contribution is -2.34. The van der Waals surface area contributed by atoms with Crippen molar-refractivity contribution in [2.75, 3.05) is 20.8 Å². The number of carboxylic acids is 1. The van der Waals surface area contributed by atoms with Gasteiger partial charge in [0.1, 0.15) is 35.8 Å². The molecule has 0 bridgehead atoms. The molecule has 3 aromatic heterocycles. The Bertz CT molecular complexity index is 1420. The first-order valence-corrected chi connectivity index (χ1v) is 10.4. The first kappa shape index (κ1) is 24.6. The number of hydrogen-bond acceptors (Lipinski definition) is 6. The molecule has 3 heterocycles. The summed E-state index contributed by atoms with van der Waals surface area (Å²) in [5.41, 5.74) is 3.03. The second-order valence-corrected chi connectivity index (χ2v) is 7.66. The van der Waals surface area contributed by atoms with E-state index in [1.54, 1.807) is 41.3 Å². The van der Waals surface area contributed by atoms with Crippen LogP contribution >= 0.6 is 0 Å². The zero-order valence-corrected chi connectivity index (χ0v) is 19.0. The van der Waals surface area contributed by atoms with Crippen molar-refractivity contribution in [2.24, 2.45) is 0 Å². The second-order valence-electron chi connectivity index (χ2n) is 7.66. The van der Waals surface area contributed by atoms with Gasteiger partial charge in [0.05, 0.1) is 32.3 Å². The Morgan fingerprint density at radius 1 is 1.06 bits per heavy atom. The van der Waals surface area contributed by atoms with Crippen molar-refractivity contribution in [2.45, 2.75) is 12.7 Å². The van der Waals surface area contributed by atoms with E-state index in [9.17, 15) is 22.8 Å². The molecule has 36 heavy (non-hydrogen) atoms. The summed E-state index contributed by atoms with van der Waals surface area (Å²) < 4.78 is 51.4. The quantitative estimate of drug-likeness (QED) is 0.379. The number of carboxylic acid groups (broad SMARTS) is 1. The summed E-state index contributed by atoms with van der Waals surface area (Å²) in [4.78, 5) is 27.8. The Balaban J connectivity index is 1.69. The monoisotopic (exact) mass is 503 g/mol. The van der Waals surface area contributed by atoms with Gasteiger partial charge in [-0.15, -0.1) is 0 Å². The van der Waals surface area contributed by atoms with E-state index in [4.69, 9.17) is 14.6 Å². The number of hydrogen-bond donors (Lipinski definition) is 2. The van der Waals surface area contributed by atoms with Gasteiger partial charge in [0.2, 0.25) is 0 Å². The number of ether oxygens (including phenoxy) is 2. The average molecular weight is 503 g/mol. The largest absolute Gasteiger partial charge is 0.496 e. The van der Waals surface area contributed by atoms with Crippen LogP contribution in [0.1, 0.15) is 10.4 Å². The molecule has 0 spiro atoms. The van der Waals surface area contributed by atoms with Gasteiger partial charge in [0.25, 0.3) is 5.91 Å². The molecule has 0 fully saturated rings. The number of benzene rings is 1. The maximum atomic E-state index is 12.6. The number of nitrogens with zero attached hydrogens (tertiary/aromatic N) is 4. The molecule has 0 saturated heterocycles. The van der Waals surface area contributed by atoms with Crippen LogP contribution in [0.4, 0.5) is 13.2 Å². The van der Waals surface area contributed by atoms with E-state index in [-0.39, 0.29) is 23.6 Å². The number of halogens is 3. The average Bonchev–Trinajstić information content (AvgIpc) is 3.47. The Kier molecular flexibility index (Phi) is 6.55. The highest BCUT2D eigenvalue weighted by Crippen LogP contribution is 2.36. The van der Waals surface area contributed by atoms with Crippen LogP contribution in [-0.2, 0) is 11.3 Å². The van der Waals surface area contributed by atoms with Gasteiger partial charge < -0.3 is 19.9 Å². The number of carbonyl (C=O) groups is 2. The van der Waals surface area contributed by atoms with Crippen LogP contribution in [0.2, 0.25) is 0 Å². The minimum absolute atomic E-state index is 0.0291. The smallest absolute Gasteiger partial charge is 0.405 e. The number of carbonyl (C=O) groups excluding carboxylic acids is 1. The number of aliphatic carboxylic acids is 1. The fourth-order valence-corrected chi connectivity index (χ4v) is 3.66. The summed E-state index contributed by atoms with van der Waals surface area (Å²) in [6.45, 7) is -1.76. The number of aromatic nitrogens is 4. The number of rotatable bonds is 8. The first-order valence-electron chi connectivity index (χ1n) is 10.4. The van der Waals surface area contributed by atoms with Crippen molar-refractivity contribution in [3.63, 3.8) is 0 Å². The fourth-order valence-electron chi connectivity index (χ4n) is 3.66. The van der Waals surface area contributed by atoms with Crippen molar-refractivity contribution in [1.82, 2.24) is 24.5 Å². The van der Waals surface area contributed by atoms with E-state index < -0.39 is 24.6 Å². The van der Waals surface area contributed by atoms with Crippen molar-refractivity contribution < 1.29 is 37.3 Å². The number of fused-ring (bicyclic) bond motifs is 1. The van der Waals surface area contributed by atoms with Crippen molar-refractivity contribution in [3.05, 3.63) is 54.6 Å². The van der Waals surface area contributed by atoms with Crippen LogP contribution in [0, 0.1) is 0 Å². The van der Waals surface area contributed by atoms with Gasteiger partial charge in [-0.3, -0.25) is 18.7 Å². The predicted molar refractivity (Wildman–Crippen MR) is 121 cm³/mol. The SMILES string of the molecule is COc1cc(-c2cnc3cc(-c4cnn(CC(=O)O)c4)ccn23)cc(OC)c1C(=O)NCC(F)(F)F. The molecule has 2 N–H and O–H groups in total. The highest BCUT2D eigenvalue weighted by molar-refractivity contribution is 6.00. The van der Waals surface area contributed by atoms with Crippen molar-refractivity contribution >= 4 is 17.5 Å². The summed E-state index contributed by atoms with van der Waals surface area (Å²) in [5.74, 6) is -1.94. The Morgan fingerprint density at radius 2 is 1.75 bits per heavy atom. The molecule has 0 atom stereocenters. The van der Waals surface area contributed by atoms with Gasteiger partial charge in [-0.05, 0) is 29.8 Å². The van der Waals surface area contributed by atoms with Crippen LogP contribution in [0.25, 0.3) is 28.0 Å². The van der Waals surface area contributed by atoms with E-state index in [1.807, 2.05) is 5.32 Å². The summed E-state index contributed by atoms with van der Waals surface area (Å²) in [6, 6.07) is 6.61. The molecule has 1 amide bonds. The third-order valence-electron chi connectivity index (χ3n) is 5.26. The van der Waals surface area contributed by atoms with Crippen LogP contribution in [0.3, 0.4) is 0 Å². The molecule has 13 heteroatoms. The number of amides is 1. The normalized spacial score (nSPS) is 11.5. The van der Waals surface area contributed by atoms with E-state index in [1.165, 1.54) is 31.0 Å². The fraction of sp³-hybridized carbons (Fsp3) is 0.217. The van der Waals surface area contributed by atoms with E-state index in [2.05, 4.69) is 10.1 Å². The predicted octanol–water partition coefficient (Wildman–Crippen LogP) is 3.26. The lowest BCUT2D eigenvalue weighted by Gasteiger charge is -2.16. The molecule has 0 aliphatic carbocycles. The van der Waals surface area contributed by atoms with Gasteiger partial charge in [-0.25, -0.2) is 4.98 Å². The molecule has 0 saturated carbocycles. The third kappa shape index (κ3) is 5.09. The number of imidazole rings is 1. The van der Waals surface area contributed by atoms with Crippen LogP contribution in [-0.4, -0.2) is 63.1 Å².